The topological polar surface area (TPSA) is 46.3 Å². The first kappa shape index (κ1) is 13.9. The highest BCUT2D eigenvalue weighted by Gasteiger charge is 2.29. The van der Waals surface area contributed by atoms with Gasteiger partial charge in [-0.1, -0.05) is 20.3 Å². The Morgan fingerprint density at radius 1 is 1.33 bits per heavy atom. The summed E-state index contributed by atoms with van der Waals surface area (Å²) in [6, 6.07) is 0.378. The third kappa shape index (κ3) is 3.47. The monoisotopic (exact) mass is 252 g/mol. The SMILES string of the molecule is CC1(C)CCC(=O)N(CCC2CCCC2N)CC1. The molecule has 0 radical (unpaired) electrons. The van der Waals surface area contributed by atoms with E-state index in [1.807, 2.05) is 0 Å². The van der Waals surface area contributed by atoms with Gasteiger partial charge in [-0.2, -0.15) is 0 Å². The van der Waals surface area contributed by atoms with Gasteiger partial charge in [0.15, 0.2) is 0 Å². The molecule has 18 heavy (non-hydrogen) atoms. The van der Waals surface area contributed by atoms with Crippen LogP contribution in [0, 0.1) is 11.3 Å². The lowest BCUT2D eigenvalue weighted by atomic mass is 9.85. The van der Waals surface area contributed by atoms with E-state index in [9.17, 15) is 4.79 Å². The largest absolute Gasteiger partial charge is 0.343 e. The Morgan fingerprint density at radius 3 is 2.78 bits per heavy atom. The highest BCUT2D eigenvalue weighted by atomic mass is 16.2. The Kier molecular flexibility index (Phi) is 4.31. The van der Waals surface area contributed by atoms with E-state index < -0.39 is 0 Å². The van der Waals surface area contributed by atoms with Gasteiger partial charge in [-0.25, -0.2) is 0 Å². The standard InChI is InChI=1S/C15H28N2O/c1-15(2)8-6-14(18)17(11-9-15)10-7-12-4-3-5-13(12)16/h12-13H,3-11,16H2,1-2H3. The van der Waals surface area contributed by atoms with Gasteiger partial charge in [0.2, 0.25) is 5.91 Å². The zero-order chi connectivity index (χ0) is 13.2. The molecular weight excluding hydrogens is 224 g/mol. The summed E-state index contributed by atoms with van der Waals surface area (Å²) < 4.78 is 0. The number of carbonyl (C=O) groups is 1. The van der Waals surface area contributed by atoms with Crippen LogP contribution < -0.4 is 5.73 Å². The molecular formula is C15H28N2O. The van der Waals surface area contributed by atoms with E-state index >= 15 is 0 Å². The second-order valence-corrected chi connectivity index (χ2v) is 6.94. The van der Waals surface area contributed by atoms with Crippen LogP contribution in [0.5, 0.6) is 0 Å². The molecule has 1 aliphatic carbocycles. The Bertz CT molecular complexity index is 301. The van der Waals surface area contributed by atoms with Crippen molar-refractivity contribution in [3.05, 3.63) is 0 Å². The molecule has 3 heteroatoms. The summed E-state index contributed by atoms with van der Waals surface area (Å²) >= 11 is 0. The quantitative estimate of drug-likeness (QED) is 0.839. The van der Waals surface area contributed by atoms with E-state index in [2.05, 4.69) is 18.7 Å². The molecule has 1 heterocycles. The van der Waals surface area contributed by atoms with E-state index in [-0.39, 0.29) is 0 Å². The molecule has 2 rings (SSSR count). The third-order valence-electron chi connectivity index (χ3n) is 4.91. The van der Waals surface area contributed by atoms with Gasteiger partial charge in [0, 0.05) is 25.6 Å². The minimum Gasteiger partial charge on any atom is -0.343 e. The number of rotatable bonds is 3. The highest BCUT2D eigenvalue weighted by molar-refractivity contribution is 5.76. The molecule has 0 bridgehead atoms. The highest BCUT2D eigenvalue weighted by Crippen LogP contribution is 2.31. The van der Waals surface area contributed by atoms with Gasteiger partial charge in [0.25, 0.3) is 0 Å². The van der Waals surface area contributed by atoms with Crippen LogP contribution in [0.15, 0.2) is 0 Å². The summed E-state index contributed by atoms with van der Waals surface area (Å²) in [5.41, 5.74) is 6.43. The predicted octanol–water partition coefficient (Wildman–Crippen LogP) is 2.54. The maximum absolute atomic E-state index is 12.1. The van der Waals surface area contributed by atoms with Crippen molar-refractivity contribution in [2.24, 2.45) is 17.1 Å². The van der Waals surface area contributed by atoms with Crippen LogP contribution in [0.25, 0.3) is 0 Å². The average Bonchev–Trinajstić information content (AvgIpc) is 2.66. The maximum atomic E-state index is 12.1. The summed E-state index contributed by atoms with van der Waals surface area (Å²) in [7, 11) is 0. The minimum atomic E-state index is 0.328. The summed E-state index contributed by atoms with van der Waals surface area (Å²) in [6.07, 6.45) is 7.70. The molecule has 0 aromatic carbocycles. The number of nitrogens with zero attached hydrogens (tertiary/aromatic N) is 1. The van der Waals surface area contributed by atoms with Crippen LogP contribution in [0.1, 0.15) is 58.8 Å². The van der Waals surface area contributed by atoms with Gasteiger partial charge in [-0.15, -0.1) is 0 Å². The zero-order valence-corrected chi connectivity index (χ0v) is 12.0. The van der Waals surface area contributed by atoms with E-state index in [0.29, 0.717) is 23.3 Å². The normalized spacial score (nSPS) is 32.6. The first-order valence-electron chi connectivity index (χ1n) is 7.51. The molecule has 2 atom stereocenters. The maximum Gasteiger partial charge on any atom is 0.222 e. The molecule has 1 saturated heterocycles. The van der Waals surface area contributed by atoms with E-state index in [4.69, 9.17) is 5.73 Å². The van der Waals surface area contributed by atoms with Crippen LogP contribution in [-0.4, -0.2) is 29.9 Å². The number of hydrogen-bond donors (Lipinski definition) is 1. The Balaban J connectivity index is 1.82. The summed E-state index contributed by atoms with van der Waals surface area (Å²) in [5.74, 6) is 1.00. The lowest BCUT2D eigenvalue weighted by Crippen LogP contribution is -2.34. The smallest absolute Gasteiger partial charge is 0.222 e. The van der Waals surface area contributed by atoms with Crippen LogP contribution in [0.4, 0.5) is 0 Å². The summed E-state index contributed by atoms with van der Waals surface area (Å²) in [6.45, 7) is 6.41. The van der Waals surface area contributed by atoms with Crippen molar-refractivity contribution >= 4 is 5.91 Å². The summed E-state index contributed by atoms with van der Waals surface area (Å²) in [5, 5.41) is 0. The first-order chi connectivity index (χ1) is 8.48. The lowest BCUT2D eigenvalue weighted by molar-refractivity contribution is -0.130. The molecule has 1 aliphatic heterocycles. The van der Waals surface area contributed by atoms with Gasteiger partial charge >= 0.3 is 0 Å². The van der Waals surface area contributed by atoms with Crippen molar-refractivity contribution in [1.29, 1.82) is 0 Å². The van der Waals surface area contributed by atoms with Crippen molar-refractivity contribution in [3.63, 3.8) is 0 Å². The van der Waals surface area contributed by atoms with Crippen molar-refractivity contribution < 1.29 is 4.79 Å². The van der Waals surface area contributed by atoms with Crippen molar-refractivity contribution in [2.45, 2.75) is 64.8 Å². The van der Waals surface area contributed by atoms with Gasteiger partial charge in [0.05, 0.1) is 0 Å². The van der Waals surface area contributed by atoms with Crippen molar-refractivity contribution in [2.75, 3.05) is 13.1 Å². The van der Waals surface area contributed by atoms with Crippen LogP contribution >= 0.6 is 0 Å². The van der Waals surface area contributed by atoms with Crippen molar-refractivity contribution in [3.8, 4) is 0 Å². The molecule has 3 nitrogen and oxygen atoms in total. The molecule has 1 amide bonds. The van der Waals surface area contributed by atoms with Crippen LogP contribution in [0.2, 0.25) is 0 Å². The predicted molar refractivity (Wildman–Crippen MR) is 74.1 cm³/mol. The van der Waals surface area contributed by atoms with E-state index in [1.54, 1.807) is 0 Å². The molecule has 2 N–H and O–H groups in total. The fourth-order valence-corrected chi connectivity index (χ4v) is 3.27. The van der Waals surface area contributed by atoms with Gasteiger partial charge in [-0.3, -0.25) is 4.79 Å². The minimum absolute atomic E-state index is 0.328. The molecule has 1 saturated carbocycles. The average molecular weight is 252 g/mol. The lowest BCUT2D eigenvalue weighted by Gasteiger charge is -2.25. The molecule has 2 aliphatic rings. The Labute approximate surface area is 111 Å². The number of nitrogens with two attached hydrogens (primary N) is 1. The van der Waals surface area contributed by atoms with Crippen LogP contribution in [0.3, 0.4) is 0 Å². The first-order valence-corrected chi connectivity index (χ1v) is 7.51. The molecule has 0 aromatic heterocycles. The molecule has 0 aromatic rings. The molecule has 2 unspecified atom stereocenters. The van der Waals surface area contributed by atoms with Crippen molar-refractivity contribution in [1.82, 2.24) is 4.90 Å². The van der Waals surface area contributed by atoms with Gasteiger partial charge in [0.1, 0.15) is 0 Å². The number of likely N-dealkylation sites (tertiary alicyclic amines) is 1. The number of carbonyl (C=O) groups excluding carboxylic acids is 1. The van der Waals surface area contributed by atoms with Crippen LogP contribution in [-0.2, 0) is 4.79 Å². The Morgan fingerprint density at radius 2 is 2.11 bits per heavy atom. The van der Waals surface area contributed by atoms with Gasteiger partial charge < -0.3 is 10.6 Å². The second-order valence-electron chi connectivity index (χ2n) is 6.94. The van der Waals surface area contributed by atoms with E-state index in [0.717, 1.165) is 38.8 Å². The fourth-order valence-electron chi connectivity index (χ4n) is 3.27. The number of hydrogen-bond acceptors (Lipinski definition) is 2. The van der Waals surface area contributed by atoms with E-state index in [1.165, 1.54) is 19.3 Å². The fraction of sp³-hybridized carbons (Fsp3) is 0.933. The van der Waals surface area contributed by atoms with Gasteiger partial charge in [-0.05, 0) is 43.4 Å². The zero-order valence-electron chi connectivity index (χ0n) is 12.0. The third-order valence-corrected chi connectivity index (χ3v) is 4.91. The molecule has 0 spiro atoms. The number of amides is 1. The molecule has 2 fully saturated rings. The second kappa shape index (κ2) is 5.60. The molecule has 104 valence electrons. The Hall–Kier alpha value is -0.570. The summed E-state index contributed by atoms with van der Waals surface area (Å²) in [4.78, 5) is 14.2.